The first-order valence-corrected chi connectivity index (χ1v) is 7.04. The molecule has 1 aromatic heterocycles. The lowest BCUT2D eigenvalue weighted by molar-refractivity contribution is -0.118. The number of nitrogens with zero attached hydrogens (tertiary/aromatic N) is 1. The summed E-state index contributed by atoms with van der Waals surface area (Å²) >= 11 is 0. The fraction of sp³-hybridized carbons (Fsp3) is 0.571. The number of hydrogen-bond acceptors (Lipinski definition) is 5. The van der Waals surface area contributed by atoms with Crippen LogP contribution in [0.2, 0.25) is 0 Å². The molecule has 1 aliphatic carbocycles. The molecule has 2 aliphatic rings. The first-order chi connectivity index (χ1) is 9.70. The maximum atomic E-state index is 11.3. The number of aromatic nitrogens is 1. The number of fused-ring (bicyclic) bond motifs is 1. The van der Waals surface area contributed by atoms with E-state index < -0.39 is 0 Å². The molecule has 2 heterocycles. The molecular formula is C14H19N3O3. The zero-order chi connectivity index (χ0) is 13.9. The van der Waals surface area contributed by atoms with Crippen LogP contribution >= 0.6 is 0 Å². The SMILES string of the molecule is O=C1COc2cnc(CNC3CCC(O)CC3)cc2N1. The van der Waals surface area contributed by atoms with E-state index >= 15 is 0 Å². The second-order valence-corrected chi connectivity index (χ2v) is 5.39. The molecule has 0 bridgehead atoms. The Morgan fingerprint density at radius 3 is 3.00 bits per heavy atom. The van der Waals surface area contributed by atoms with Gasteiger partial charge in [0.15, 0.2) is 12.4 Å². The highest BCUT2D eigenvalue weighted by molar-refractivity contribution is 5.95. The first kappa shape index (κ1) is 13.3. The molecule has 20 heavy (non-hydrogen) atoms. The predicted molar refractivity (Wildman–Crippen MR) is 73.5 cm³/mol. The lowest BCUT2D eigenvalue weighted by Crippen LogP contribution is -2.34. The fourth-order valence-corrected chi connectivity index (χ4v) is 2.65. The molecule has 1 saturated carbocycles. The topological polar surface area (TPSA) is 83.5 Å². The molecule has 1 fully saturated rings. The Morgan fingerprint density at radius 2 is 2.20 bits per heavy atom. The van der Waals surface area contributed by atoms with Gasteiger partial charge in [-0.3, -0.25) is 9.78 Å². The molecule has 6 heteroatoms. The van der Waals surface area contributed by atoms with Gasteiger partial charge in [0, 0.05) is 12.6 Å². The monoisotopic (exact) mass is 277 g/mol. The third-order valence-electron chi connectivity index (χ3n) is 3.83. The lowest BCUT2D eigenvalue weighted by atomic mass is 9.93. The minimum Gasteiger partial charge on any atom is -0.480 e. The van der Waals surface area contributed by atoms with Gasteiger partial charge in [0.25, 0.3) is 5.91 Å². The van der Waals surface area contributed by atoms with E-state index in [1.165, 1.54) is 0 Å². The summed E-state index contributed by atoms with van der Waals surface area (Å²) in [5.74, 6) is 0.484. The third kappa shape index (κ3) is 3.08. The molecule has 0 aromatic carbocycles. The average Bonchev–Trinajstić information content (AvgIpc) is 2.46. The Labute approximate surface area is 117 Å². The third-order valence-corrected chi connectivity index (χ3v) is 3.83. The number of rotatable bonds is 3. The molecule has 1 aromatic rings. The molecule has 0 spiro atoms. The van der Waals surface area contributed by atoms with Crippen LogP contribution in [0, 0.1) is 0 Å². The van der Waals surface area contributed by atoms with Gasteiger partial charge in [-0.2, -0.15) is 0 Å². The van der Waals surface area contributed by atoms with Crippen molar-refractivity contribution in [1.82, 2.24) is 10.3 Å². The van der Waals surface area contributed by atoms with Gasteiger partial charge in [0.05, 0.1) is 23.7 Å². The highest BCUT2D eigenvalue weighted by atomic mass is 16.5. The first-order valence-electron chi connectivity index (χ1n) is 7.04. The summed E-state index contributed by atoms with van der Waals surface area (Å²) in [5, 5.41) is 15.7. The largest absolute Gasteiger partial charge is 0.480 e. The summed E-state index contributed by atoms with van der Waals surface area (Å²) in [6.07, 6.45) is 5.22. The van der Waals surface area contributed by atoms with Crippen molar-refractivity contribution in [3.05, 3.63) is 18.0 Å². The molecule has 1 aliphatic heterocycles. The fourth-order valence-electron chi connectivity index (χ4n) is 2.65. The normalized spacial score (nSPS) is 25.6. The van der Waals surface area contributed by atoms with Gasteiger partial charge >= 0.3 is 0 Å². The molecule has 3 rings (SSSR count). The number of hydrogen-bond donors (Lipinski definition) is 3. The van der Waals surface area contributed by atoms with Gasteiger partial charge in [-0.1, -0.05) is 0 Å². The van der Waals surface area contributed by atoms with Crippen molar-refractivity contribution in [2.24, 2.45) is 0 Å². The molecule has 3 N–H and O–H groups in total. The highest BCUT2D eigenvalue weighted by Gasteiger charge is 2.20. The molecule has 0 radical (unpaired) electrons. The summed E-state index contributed by atoms with van der Waals surface area (Å²) in [7, 11) is 0. The van der Waals surface area contributed by atoms with E-state index in [4.69, 9.17) is 4.74 Å². The lowest BCUT2D eigenvalue weighted by Gasteiger charge is -2.26. The molecule has 1 amide bonds. The second kappa shape index (κ2) is 5.76. The number of aliphatic hydroxyl groups is 1. The second-order valence-electron chi connectivity index (χ2n) is 5.39. The number of aliphatic hydroxyl groups excluding tert-OH is 1. The van der Waals surface area contributed by atoms with Crippen molar-refractivity contribution < 1.29 is 14.6 Å². The minimum absolute atomic E-state index is 0.0523. The highest BCUT2D eigenvalue weighted by Crippen LogP contribution is 2.27. The van der Waals surface area contributed by atoms with Crippen molar-refractivity contribution in [1.29, 1.82) is 0 Å². The smallest absolute Gasteiger partial charge is 0.262 e. The molecular weight excluding hydrogens is 258 g/mol. The van der Waals surface area contributed by atoms with Crippen LogP contribution in [-0.2, 0) is 11.3 Å². The molecule has 0 atom stereocenters. The Kier molecular flexibility index (Phi) is 3.84. The predicted octanol–water partition coefficient (Wildman–Crippen LogP) is 0.806. The Balaban J connectivity index is 1.58. The minimum atomic E-state index is -0.137. The van der Waals surface area contributed by atoms with E-state index in [0.717, 1.165) is 31.4 Å². The Bertz CT molecular complexity index is 498. The van der Waals surface area contributed by atoms with E-state index in [2.05, 4.69) is 15.6 Å². The number of anilines is 1. The summed E-state index contributed by atoms with van der Waals surface area (Å²) in [6, 6.07) is 2.28. The number of pyridine rings is 1. The number of nitrogens with one attached hydrogen (secondary N) is 2. The number of carbonyl (C=O) groups is 1. The number of amides is 1. The van der Waals surface area contributed by atoms with Crippen molar-refractivity contribution in [2.45, 2.75) is 44.4 Å². The van der Waals surface area contributed by atoms with Crippen LogP contribution in [0.25, 0.3) is 0 Å². The van der Waals surface area contributed by atoms with Crippen molar-refractivity contribution in [2.75, 3.05) is 11.9 Å². The quantitative estimate of drug-likeness (QED) is 0.761. The number of carbonyl (C=O) groups excluding carboxylic acids is 1. The van der Waals surface area contributed by atoms with Gasteiger partial charge < -0.3 is 20.5 Å². The van der Waals surface area contributed by atoms with Crippen molar-refractivity contribution in [3.8, 4) is 5.75 Å². The van der Waals surface area contributed by atoms with Crippen LogP contribution < -0.4 is 15.4 Å². The van der Waals surface area contributed by atoms with Crippen LogP contribution in [0.5, 0.6) is 5.75 Å². The Hall–Kier alpha value is -1.66. The molecule has 108 valence electrons. The van der Waals surface area contributed by atoms with E-state index in [9.17, 15) is 9.90 Å². The van der Waals surface area contributed by atoms with Crippen LogP contribution in [0.4, 0.5) is 5.69 Å². The van der Waals surface area contributed by atoms with E-state index in [0.29, 0.717) is 24.0 Å². The molecule has 0 unspecified atom stereocenters. The van der Waals surface area contributed by atoms with E-state index in [-0.39, 0.29) is 18.6 Å². The van der Waals surface area contributed by atoms with Gasteiger partial charge in [0.2, 0.25) is 0 Å². The maximum absolute atomic E-state index is 11.3. The van der Waals surface area contributed by atoms with Gasteiger partial charge in [-0.05, 0) is 31.7 Å². The summed E-state index contributed by atoms with van der Waals surface area (Å²) in [6.45, 7) is 0.709. The molecule has 0 saturated heterocycles. The standard InChI is InChI=1S/C14H19N3O3/c18-11-3-1-9(2-4-11)15-6-10-5-12-13(7-16-10)20-8-14(19)17-12/h5,7,9,11,15,18H,1-4,6,8H2,(H,17,19). The van der Waals surface area contributed by atoms with Crippen LogP contribution in [0.1, 0.15) is 31.4 Å². The maximum Gasteiger partial charge on any atom is 0.262 e. The van der Waals surface area contributed by atoms with Crippen LogP contribution in [0.3, 0.4) is 0 Å². The zero-order valence-electron chi connectivity index (χ0n) is 11.3. The average molecular weight is 277 g/mol. The summed E-state index contributed by atoms with van der Waals surface area (Å²) < 4.78 is 5.27. The van der Waals surface area contributed by atoms with Crippen molar-refractivity contribution in [3.63, 3.8) is 0 Å². The van der Waals surface area contributed by atoms with Crippen LogP contribution in [-0.4, -0.2) is 34.8 Å². The summed E-state index contributed by atoms with van der Waals surface area (Å²) in [4.78, 5) is 15.6. The van der Waals surface area contributed by atoms with Crippen LogP contribution in [0.15, 0.2) is 12.3 Å². The van der Waals surface area contributed by atoms with Gasteiger partial charge in [-0.15, -0.1) is 0 Å². The summed E-state index contributed by atoms with van der Waals surface area (Å²) in [5.41, 5.74) is 1.56. The van der Waals surface area contributed by atoms with Gasteiger partial charge in [-0.25, -0.2) is 0 Å². The van der Waals surface area contributed by atoms with E-state index in [1.54, 1.807) is 6.20 Å². The Morgan fingerprint density at radius 1 is 1.40 bits per heavy atom. The number of ether oxygens (including phenoxy) is 1. The van der Waals surface area contributed by atoms with Gasteiger partial charge in [0.1, 0.15) is 0 Å². The van der Waals surface area contributed by atoms with Crippen molar-refractivity contribution >= 4 is 11.6 Å². The van der Waals surface area contributed by atoms with E-state index in [1.807, 2.05) is 6.07 Å². The zero-order valence-corrected chi connectivity index (χ0v) is 11.3. The molecule has 6 nitrogen and oxygen atoms in total.